The van der Waals surface area contributed by atoms with Crippen molar-refractivity contribution in [3.8, 4) is 5.75 Å². The first-order valence-electron chi connectivity index (χ1n) is 10.6. The van der Waals surface area contributed by atoms with Gasteiger partial charge < -0.3 is 24.2 Å². The average molecular weight is 432 g/mol. The highest BCUT2D eigenvalue weighted by Crippen LogP contribution is 2.47. The Morgan fingerprint density at radius 3 is 2.45 bits per heavy atom. The van der Waals surface area contributed by atoms with Crippen molar-refractivity contribution < 1.29 is 19.0 Å². The van der Waals surface area contributed by atoms with Crippen LogP contribution >= 0.6 is 0 Å². The molecule has 1 aromatic carbocycles. The highest BCUT2D eigenvalue weighted by molar-refractivity contribution is 5.99. The van der Waals surface area contributed by atoms with Crippen molar-refractivity contribution in [1.82, 2.24) is 9.47 Å². The van der Waals surface area contributed by atoms with Gasteiger partial charge in [-0.3, -0.25) is 4.79 Å². The maximum absolute atomic E-state index is 15.8. The van der Waals surface area contributed by atoms with Crippen LogP contribution in [-0.4, -0.2) is 60.9 Å². The third-order valence-electron chi connectivity index (χ3n) is 6.79. The van der Waals surface area contributed by atoms with E-state index in [0.717, 1.165) is 12.8 Å². The summed E-state index contributed by atoms with van der Waals surface area (Å²) >= 11 is 0. The van der Waals surface area contributed by atoms with Gasteiger partial charge in [-0.1, -0.05) is 13.8 Å². The van der Waals surface area contributed by atoms with Crippen LogP contribution in [-0.2, 0) is 0 Å². The number of hydrogen-bond acceptors (Lipinski definition) is 5. The lowest BCUT2D eigenvalue weighted by Crippen LogP contribution is -2.39. The summed E-state index contributed by atoms with van der Waals surface area (Å²) in [4.78, 5) is 28.9. The van der Waals surface area contributed by atoms with E-state index in [4.69, 9.17) is 4.74 Å². The third-order valence-corrected chi connectivity index (χ3v) is 6.79. The highest BCUT2D eigenvalue weighted by atomic mass is 19.1. The van der Waals surface area contributed by atoms with Crippen molar-refractivity contribution in [2.75, 3.05) is 39.2 Å². The van der Waals surface area contributed by atoms with Gasteiger partial charge in [0.15, 0.2) is 11.6 Å². The molecule has 31 heavy (non-hydrogen) atoms. The van der Waals surface area contributed by atoms with Gasteiger partial charge in [0, 0.05) is 36.9 Å². The summed E-state index contributed by atoms with van der Waals surface area (Å²) in [6.07, 6.45) is 3.15. The number of benzene rings is 1. The Morgan fingerprint density at radius 1 is 1.32 bits per heavy atom. The van der Waals surface area contributed by atoms with Crippen molar-refractivity contribution >= 4 is 22.6 Å². The first-order chi connectivity index (χ1) is 14.5. The maximum atomic E-state index is 15.8. The fourth-order valence-electron chi connectivity index (χ4n) is 5.13. The van der Waals surface area contributed by atoms with Crippen LogP contribution in [0.1, 0.15) is 48.7 Å². The zero-order valence-electron chi connectivity index (χ0n) is 19.0. The number of rotatable bonds is 5. The van der Waals surface area contributed by atoms with E-state index >= 15 is 4.39 Å². The summed E-state index contributed by atoms with van der Waals surface area (Å²) in [7, 11) is 5.52. The zero-order chi connectivity index (χ0) is 22.8. The second-order valence-electron chi connectivity index (χ2n) is 9.71. The van der Waals surface area contributed by atoms with E-state index in [9.17, 15) is 14.7 Å². The molecule has 1 atom stereocenters. The largest absolute Gasteiger partial charge is 0.492 e. The molecule has 0 radical (unpaired) electrons. The molecule has 2 fully saturated rings. The number of likely N-dealkylation sites (N-methyl/N-ethyl adjacent to an activating group) is 1. The van der Waals surface area contributed by atoms with Crippen molar-refractivity contribution in [2.45, 2.75) is 45.7 Å². The van der Waals surface area contributed by atoms with Gasteiger partial charge in [-0.05, 0) is 39.3 Å². The number of aromatic nitrogens is 1. The topological polar surface area (TPSA) is 75.0 Å². The molecule has 1 N–H and O–H groups in total. The minimum absolute atomic E-state index is 0.0763. The Labute approximate surface area is 181 Å². The summed E-state index contributed by atoms with van der Waals surface area (Å²) in [6, 6.07) is 0.296. The van der Waals surface area contributed by atoms with Gasteiger partial charge in [0.05, 0.1) is 18.0 Å². The molecular weight excluding hydrogens is 401 g/mol. The van der Waals surface area contributed by atoms with E-state index in [-0.39, 0.29) is 34.0 Å². The lowest BCUT2D eigenvalue weighted by molar-refractivity contribution is 0.0695. The molecule has 0 spiro atoms. The van der Waals surface area contributed by atoms with Gasteiger partial charge in [0.25, 0.3) is 0 Å². The Morgan fingerprint density at radius 2 is 1.97 bits per heavy atom. The zero-order valence-corrected chi connectivity index (χ0v) is 19.0. The van der Waals surface area contributed by atoms with Crippen molar-refractivity contribution in [3.05, 3.63) is 33.4 Å². The van der Waals surface area contributed by atoms with Crippen LogP contribution in [0.2, 0.25) is 0 Å². The SMILES string of the molecule is COc1c(N2C[C@@H](N(C)C)C(C)(C)C2)c(F)c(C)c2c(=O)c(C(=O)O)cn(C3CC3)c12. The summed E-state index contributed by atoms with van der Waals surface area (Å²) in [6.45, 7) is 7.13. The number of carboxylic acid groups (broad SMARTS) is 1. The molecule has 1 saturated carbocycles. The standard InChI is InChI=1S/C23H30FN3O4/c1-12-16-18(27(13-7-8-13)9-14(20(16)28)22(29)30)21(31-6)19(17(12)24)26-10-15(25(4)5)23(2,3)11-26/h9,13,15H,7-8,10-11H2,1-6H3,(H,29,30)/t15-/m1/s1. The number of anilines is 1. The molecule has 1 aromatic heterocycles. The number of methoxy groups -OCH3 is 1. The van der Waals surface area contributed by atoms with Crippen LogP contribution in [0.3, 0.4) is 0 Å². The Hall–Kier alpha value is -2.61. The molecule has 2 aliphatic rings. The third kappa shape index (κ3) is 3.28. The number of aromatic carboxylic acids is 1. The van der Waals surface area contributed by atoms with E-state index in [2.05, 4.69) is 18.7 Å². The summed E-state index contributed by atoms with van der Waals surface area (Å²) in [5, 5.41) is 9.64. The Bertz CT molecular complexity index is 1130. The number of fused-ring (bicyclic) bond motifs is 1. The van der Waals surface area contributed by atoms with Gasteiger partial charge >= 0.3 is 5.97 Å². The van der Waals surface area contributed by atoms with Crippen LogP contribution in [0.25, 0.3) is 10.9 Å². The lowest BCUT2D eigenvalue weighted by Gasteiger charge is -2.30. The molecule has 2 heterocycles. The van der Waals surface area contributed by atoms with Gasteiger partial charge in [-0.2, -0.15) is 0 Å². The number of carbonyl (C=O) groups is 1. The lowest BCUT2D eigenvalue weighted by atomic mass is 9.87. The first kappa shape index (κ1) is 21.6. The quantitative estimate of drug-likeness (QED) is 0.783. The van der Waals surface area contributed by atoms with E-state index in [1.165, 1.54) is 13.3 Å². The van der Waals surface area contributed by atoms with E-state index < -0.39 is 17.2 Å². The van der Waals surface area contributed by atoms with Crippen molar-refractivity contribution in [1.29, 1.82) is 0 Å². The van der Waals surface area contributed by atoms with Gasteiger partial charge in [0.2, 0.25) is 5.43 Å². The van der Waals surface area contributed by atoms with Gasteiger partial charge in [-0.15, -0.1) is 0 Å². The molecule has 1 aliphatic heterocycles. The predicted octanol–water partition coefficient (Wildman–Crippen LogP) is 3.27. The van der Waals surface area contributed by atoms with E-state index in [1.54, 1.807) is 11.5 Å². The normalized spacial score (nSPS) is 20.6. The number of halogens is 1. The molecule has 4 rings (SSSR count). The number of nitrogens with zero attached hydrogens (tertiary/aromatic N) is 3. The molecule has 1 saturated heterocycles. The maximum Gasteiger partial charge on any atom is 0.341 e. The number of aryl methyl sites for hydroxylation is 1. The summed E-state index contributed by atoms with van der Waals surface area (Å²) < 4.78 is 23.4. The molecule has 0 amide bonds. The number of hydrogen-bond donors (Lipinski definition) is 1. The number of ether oxygens (including phenoxy) is 1. The first-order valence-corrected chi connectivity index (χ1v) is 10.6. The number of carboxylic acids is 1. The Kier molecular flexibility index (Phi) is 5.04. The van der Waals surface area contributed by atoms with Crippen LogP contribution in [0.15, 0.2) is 11.0 Å². The Balaban J connectivity index is 2.04. The second-order valence-corrected chi connectivity index (χ2v) is 9.71. The molecule has 2 aromatic rings. The fraction of sp³-hybridized carbons (Fsp3) is 0.565. The molecule has 1 aliphatic carbocycles. The van der Waals surface area contributed by atoms with Crippen LogP contribution < -0.4 is 15.1 Å². The van der Waals surface area contributed by atoms with Crippen LogP contribution in [0.5, 0.6) is 5.75 Å². The van der Waals surface area contributed by atoms with Crippen molar-refractivity contribution in [3.63, 3.8) is 0 Å². The summed E-state index contributed by atoms with van der Waals surface area (Å²) in [5.74, 6) is -1.53. The van der Waals surface area contributed by atoms with Crippen molar-refractivity contribution in [2.24, 2.45) is 5.41 Å². The van der Waals surface area contributed by atoms with E-state index in [1.807, 2.05) is 19.0 Å². The average Bonchev–Trinajstić information content (AvgIpc) is 3.46. The van der Waals surface area contributed by atoms with E-state index in [0.29, 0.717) is 30.0 Å². The number of pyridine rings is 1. The monoisotopic (exact) mass is 431 g/mol. The minimum Gasteiger partial charge on any atom is -0.492 e. The molecule has 168 valence electrons. The molecular formula is C23H30FN3O4. The van der Waals surface area contributed by atoms with Gasteiger partial charge in [-0.25, -0.2) is 9.18 Å². The highest BCUT2D eigenvalue weighted by Gasteiger charge is 2.43. The molecule has 7 nitrogen and oxygen atoms in total. The molecule has 0 bridgehead atoms. The molecule has 0 unspecified atom stereocenters. The molecule has 8 heteroatoms. The smallest absolute Gasteiger partial charge is 0.341 e. The minimum atomic E-state index is -1.31. The summed E-state index contributed by atoms with van der Waals surface area (Å²) in [5.41, 5.74) is -0.0888. The van der Waals surface area contributed by atoms with Gasteiger partial charge in [0.1, 0.15) is 11.3 Å². The van der Waals surface area contributed by atoms with Crippen LogP contribution in [0.4, 0.5) is 10.1 Å². The van der Waals surface area contributed by atoms with Crippen LogP contribution in [0, 0.1) is 18.2 Å². The second kappa shape index (κ2) is 7.22. The predicted molar refractivity (Wildman–Crippen MR) is 118 cm³/mol. The fourth-order valence-corrected chi connectivity index (χ4v) is 5.13.